The fraction of sp³-hybridized carbons (Fsp3) is 0.400. The van der Waals surface area contributed by atoms with Gasteiger partial charge < -0.3 is 0 Å². The molecule has 1 unspecified atom stereocenters. The highest BCUT2D eigenvalue weighted by atomic mass is 32.2. The van der Waals surface area contributed by atoms with E-state index in [4.69, 9.17) is 0 Å². The number of carbonyl (C=O) groups is 1. The Kier molecular flexibility index (Phi) is 8.85. The summed E-state index contributed by atoms with van der Waals surface area (Å²) in [5.74, 6) is -0.808. The molecule has 1 aliphatic heterocycles. The smallest absolute Gasteiger partial charge is 0.270 e. The molecule has 5 heteroatoms. The molecule has 0 bridgehead atoms. The molecule has 2 aliphatic rings. The first kappa shape index (κ1) is 23.9. The number of amides is 1. The molecule has 0 aromatic rings. The summed E-state index contributed by atoms with van der Waals surface area (Å²) < 4.78 is 27.6. The Morgan fingerprint density at radius 1 is 0.933 bits per heavy atom. The number of rotatable bonds is 8. The third kappa shape index (κ3) is 5.01. The standard InChI is InChI=1S/C25H33NO3S/c1-5-9-19-22-23(8-4)26(30(28,29)21(7-3)16-6-2)25(27)24(22)20-17-14-12-10-11-13-15-18-20/h5-9,16,19-20,24H,1-4,10-15,17-18H2/b19-9-,21-16+. The predicted molar refractivity (Wildman–Crippen MR) is 125 cm³/mol. The second kappa shape index (κ2) is 11.1. The van der Waals surface area contributed by atoms with Gasteiger partial charge in [0.05, 0.1) is 16.5 Å². The molecule has 1 atom stereocenters. The van der Waals surface area contributed by atoms with Crippen molar-refractivity contribution in [3.63, 3.8) is 0 Å². The zero-order valence-corrected chi connectivity index (χ0v) is 18.6. The average Bonchev–Trinajstić information content (AvgIpc) is 3.08. The van der Waals surface area contributed by atoms with Crippen molar-refractivity contribution in [1.29, 1.82) is 0 Å². The van der Waals surface area contributed by atoms with Crippen LogP contribution in [0.2, 0.25) is 0 Å². The van der Waals surface area contributed by atoms with Crippen molar-refractivity contribution in [2.45, 2.75) is 51.4 Å². The van der Waals surface area contributed by atoms with E-state index in [1.807, 2.05) is 0 Å². The van der Waals surface area contributed by atoms with Gasteiger partial charge >= 0.3 is 0 Å². The van der Waals surface area contributed by atoms with Crippen molar-refractivity contribution in [3.05, 3.63) is 85.0 Å². The number of sulfonamides is 1. The van der Waals surface area contributed by atoms with E-state index in [1.165, 1.54) is 37.1 Å². The highest BCUT2D eigenvalue weighted by molar-refractivity contribution is 7.93. The lowest BCUT2D eigenvalue weighted by Crippen LogP contribution is -2.37. The fourth-order valence-corrected chi connectivity index (χ4v) is 5.88. The fourth-order valence-electron chi connectivity index (χ4n) is 4.40. The van der Waals surface area contributed by atoms with E-state index in [2.05, 4.69) is 26.3 Å². The number of carbonyl (C=O) groups excluding carboxylic acids is 1. The lowest BCUT2D eigenvalue weighted by Gasteiger charge is -2.25. The van der Waals surface area contributed by atoms with Crippen LogP contribution >= 0.6 is 0 Å². The second-order valence-corrected chi connectivity index (χ2v) is 9.48. The van der Waals surface area contributed by atoms with Gasteiger partial charge in [-0.3, -0.25) is 4.79 Å². The van der Waals surface area contributed by atoms with E-state index in [-0.39, 0.29) is 10.8 Å². The molecule has 0 N–H and O–H groups in total. The van der Waals surface area contributed by atoms with E-state index >= 15 is 0 Å². The van der Waals surface area contributed by atoms with Crippen LogP contribution in [-0.4, -0.2) is 18.6 Å². The first-order chi connectivity index (χ1) is 14.4. The Morgan fingerprint density at radius 3 is 2.03 bits per heavy atom. The summed E-state index contributed by atoms with van der Waals surface area (Å²) in [6.45, 7) is 14.7. The van der Waals surface area contributed by atoms with E-state index < -0.39 is 21.8 Å². The summed E-state index contributed by atoms with van der Waals surface area (Å²) in [4.78, 5) is 13.6. The molecule has 0 aromatic heterocycles. The van der Waals surface area contributed by atoms with Crippen LogP contribution in [0, 0.1) is 11.8 Å². The summed E-state index contributed by atoms with van der Waals surface area (Å²) in [5, 5.41) is 0. The Bertz CT molecular complexity index is 879. The van der Waals surface area contributed by atoms with Crippen LogP contribution in [0.3, 0.4) is 0 Å². The van der Waals surface area contributed by atoms with Gasteiger partial charge in [-0.1, -0.05) is 89.1 Å². The van der Waals surface area contributed by atoms with Crippen LogP contribution in [0.1, 0.15) is 51.4 Å². The molecular formula is C25H33NO3S. The molecule has 1 aliphatic carbocycles. The van der Waals surface area contributed by atoms with Crippen molar-refractivity contribution < 1.29 is 13.2 Å². The van der Waals surface area contributed by atoms with Gasteiger partial charge in [-0.2, -0.15) is 0 Å². The molecule has 30 heavy (non-hydrogen) atoms. The third-order valence-corrected chi connectivity index (χ3v) is 7.57. The molecule has 1 amide bonds. The van der Waals surface area contributed by atoms with Gasteiger partial charge in [0.2, 0.25) is 5.91 Å². The maximum Gasteiger partial charge on any atom is 0.270 e. The van der Waals surface area contributed by atoms with E-state index in [9.17, 15) is 13.2 Å². The van der Waals surface area contributed by atoms with E-state index in [0.29, 0.717) is 11.3 Å². The van der Waals surface area contributed by atoms with Crippen LogP contribution in [0.15, 0.2) is 85.0 Å². The van der Waals surface area contributed by atoms with E-state index in [1.54, 1.807) is 18.2 Å². The molecule has 2 rings (SSSR count). The molecule has 0 saturated heterocycles. The van der Waals surface area contributed by atoms with Gasteiger partial charge in [0.15, 0.2) is 0 Å². The van der Waals surface area contributed by atoms with Crippen LogP contribution < -0.4 is 0 Å². The average molecular weight is 428 g/mol. The molecule has 0 spiro atoms. The van der Waals surface area contributed by atoms with Crippen LogP contribution in [-0.2, 0) is 14.8 Å². The van der Waals surface area contributed by atoms with Crippen molar-refractivity contribution in [2.75, 3.05) is 0 Å². The lowest BCUT2D eigenvalue weighted by molar-refractivity contribution is -0.128. The number of allylic oxidation sites excluding steroid dienone is 7. The molecule has 1 fully saturated rings. The molecule has 1 saturated carbocycles. The summed E-state index contributed by atoms with van der Waals surface area (Å²) in [6.07, 6.45) is 19.3. The topological polar surface area (TPSA) is 54.5 Å². The molecule has 162 valence electrons. The number of hydrogen-bond donors (Lipinski definition) is 0. The third-order valence-electron chi connectivity index (χ3n) is 5.81. The van der Waals surface area contributed by atoms with Gasteiger partial charge in [0.25, 0.3) is 10.0 Å². The molecule has 4 nitrogen and oxygen atoms in total. The summed E-state index contributed by atoms with van der Waals surface area (Å²) in [5.41, 5.74) is 1.02. The van der Waals surface area contributed by atoms with Crippen LogP contribution in [0.25, 0.3) is 0 Å². The van der Waals surface area contributed by atoms with Crippen molar-refractivity contribution in [1.82, 2.24) is 4.31 Å². The van der Waals surface area contributed by atoms with Gasteiger partial charge in [-0.25, -0.2) is 12.7 Å². The molecule has 0 radical (unpaired) electrons. The quantitative estimate of drug-likeness (QED) is 0.449. The maximum absolute atomic E-state index is 13.6. The Balaban J connectivity index is 2.60. The Morgan fingerprint density at radius 2 is 1.53 bits per heavy atom. The highest BCUT2D eigenvalue weighted by Crippen LogP contribution is 2.43. The number of nitrogens with zero attached hydrogens (tertiary/aromatic N) is 1. The first-order valence-electron chi connectivity index (χ1n) is 10.6. The minimum absolute atomic E-state index is 0.0626. The largest absolute Gasteiger partial charge is 0.273 e. The molecular weight excluding hydrogens is 394 g/mol. The number of hydrogen-bond acceptors (Lipinski definition) is 3. The van der Waals surface area contributed by atoms with Gasteiger partial charge in [0, 0.05) is 0 Å². The summed E-state index contributed by atoms with van der Waals surface area (Å²) in [6, 6.07) is 0. The van der Waals surface area contributed by atoms with Gasteiger partial charge in [-0.05, 0) is 42.6 Å². The predicted octanol–water partition coefficient (Wildman–Crippen LogP) is 5.96. The lowest BCUT2D eigenvalue weighted by atomic mass is 9.80. The van der Waals surface area contributed by atoms with Gasteiger partial charge in [0.1, 0.15) is 0 Å². The first-order valence-corrected chi connectivity index (χ1v) is 12.1. The van der Waals surface area contributed by atoms with E-state index in [0.717, 1.165) is 42.8 Å². The summed E-state index contributed by atoms with van der Waals surface area (Å²) >= 11 is 0. The van der Waals surface area contributed by atoms with Crippen LogP contribution in [0.4, 0.5) is 0 Å². The normalized spacial score (nSPS) is 22.5. The van der Waals surface area contributed by atoms with Crippen LogP contribution in [0.5, 0.6) is 0 Å². The van der Waals surface area contributed by atoms with Crippen molar-refractivity contribution in [2.24, 2.45) is 11.8 Å². The zero-order valence-electron chi connectivity index (χ0n) is 17.8. The molecule has 0 aromatic carbocycles. The summed E-state index contributed by atoms with van der Waals surface area (Å²) in [7, 11) is -4.11. The SMILES string of the molecule is C=C/C=C\C1=C(C=C)N(S(=O)(=O)/C(C=C)=C/C=C)C(=O)C1C1CCCCCCCC1. The maximum atomic E-state index is 13.6. The minimum atomic E-state index is -4.11. The van der Waals surface area contributed by atoms with Crippen molar-refractivity contribution >= 4 is 15.9 Å². The monoisotopic (exact) mass is 427 g/mol. The second-order valence-electron chi connectivity index (χ2n) is 7.69. The van der Waals surface area contributed by atoms with Gasteiger partial charge in [-0.15, -0.1) is 0 Å². The molecule has 1 heterocycles. The highest BCUT2D eigenvalue weighted by Gasteiger charge is 2.47. The Labute approximate surface area is 181 Å². The Hall–Kier alpha value is -2.40. The van der Waals surface area contributed by atoms with Crippen molar-refractivity contribution in [3.8, 4) is 0 Å². The zero-order chi connectivity index (χ0) is 22.1. The minimum Gasteiger partial charge on any atom is -0.273 e.